The van der Waals surface area contributed by atoms with Crippen molar-refractivity contribution < 1.29 is 4.79 Å². The van der Waals surface area contributed by atoms with Crippen LogP contribution in [0.4, 0.5) is 5.13 Å². The van der Waals surface area contributed by atoms with Crippen LogP contribution in [-0.2, 0) is 6.42 Å². The topological polar surface area (TPSA) is 45.2 Å². The number of piperidine rings is 1. The average Bonchev–Trinajstić information content (AvgIpc) is 3.22. The van der Waals surface area contributed by atoms with E-state index in [2.05, 4.69) is 32.7 Å². The minimum atomic E-state index is 0.171. The van der Waals surface area contributed by atoms with Crippen LogP contribution in [-0.4, -0.2) is 34.9 Å². The van der Waals surface area contributed by atoms with Crippen molar-refractivity contribution in [3.63, 3.8) is 0 Å². The first-order chi connectivity index (χ1) is 11.7. The highest BCUT2D eigenvalue weighted by Crippen LogP contribution is 2.29. The maximum absolute atomic E-state index is 13.1. The van der Waals surface area contributed by atoms with Crippen molar-refractivity contribution >= 4 is 33.7 Å². The summed E-state index contributed by atoms with van der Waals surface area (Å²) in [5.74, 6) is 0.171. The van der Waals surface area contributed by atoms with E-state index in [1.807, 2.05) is 25.2 Å². The predicted molar refractivity (Wildman–Crippen MR) is 102 cm³/mol. The van der Waals surface area contributed by atoms with E-state index < -0.39 is 0 Å². The highest BCUT2D eigenvalue weighted by molar-refractivity contribution is 7.17. The van der Waals surface area contributed by atoms with Gasteiger partial charge in [0.2, 0.25) is 0 Å². The molecule has 1 N–H and O–H groups in total. The van der Waals surface area contributed by atoms with Gasteiger partial charge in [-0.3, -0.25) is 4.79 Å². The number of nitrogens with one attached hydrogen (secondary N) is 1. The van der Waals surface area contributed by atoms with Gasteiger partial charge in [-0.1, -0.05) is 17.4 Å². The minimum Gasteiger partial charge on any atom is -0.362 e. The van der Waals surface area contributed by atoms with Gasteiger partial charge in [0, 0.05) is 24.0 Å². The molecule has 1 fully saturated rings. The Morgan fingerprint density at radius 3 is 3.08 bits per heavy atom. The highest BCUT2D eigenvalue weighted by Gasteiger charge is 2.29. The molecule has 3 heterocycles. The first-order valence-corrected chi connectivity index (χ1v) is 10.4. The standard InChI is InChI=1S/C18H25N3OS2/c1-3-19-18-20-13(2)16(24-18)17(22)21-11-5-4-7-14(21)9-10-15-8-6-12-23-15/h6,8,12,14H,3-5,7,9-11H2,1-2H3,(H,19,20)/t14-/m0/s1. The summed E-state index contributed by atoms with van der Waals surface area (Å²) in [7, 11) is 0. The van der Waals surface area contributed by atoms with Gasteiger partial charge >= 0.3 is 0 Å². The first kappa shape index (κ1) is 17.4. The fraction of sp³-hybridized carbons (Fsp3) is 0.556. The summed E-state index contributed by atoms with van der Waals surface area (Å²) in [6, 6.07) is 4.65. The summed E-state index contributed by atoms with van der Waals surface area (Å²) in [4.78, 5) is 21.9. The number of aryl methyl sites for hydroxylation is 2. The van der Waals surface area contributed by atoms with Crippen molar-refractivity contribution in [2.75, 3.05) is 18.4 Å². The lowest BCUT2D eigenvalue weighted by molar-refractivity contribution is 0.0606. The van der Waals surface area contributed by atoms with Gasteiger partial charge in [0.1, 0.15) is 4.88 Å². The summed E-state index contributed by atoms with van der Waals surface area (Å²) in [5, 5.41) is 6.20. The number of rotatable bonds is 6. The number of thiophene rings is 1. The van der Waals surface area contributed by atoms with E-state index in [0.717, 1.165) is 54.5 Å². The summed E-state index contributed by atoms with van der Waals surface area (Å²) >= 11 is 3.30. The van der Waals surface area contributed by atoms with E-state index in [-0.39, 0.29) is 5.91 Å². The number of aromatic nitrogens is 1. The van der Waals surface area contributed by atoms with E-state index in [1.54, 1.807) is 0 Å². The number of carbonyl (C=O) groups excluding carboxylic acids is 1. The lowest BCUT2D eigenvalue weighted by Crippen LogP contribution is -2.43. The third-order valence-electron chi connectivity index (χ3n) is 4.51. The van der Waals surface area contributed by atoms with E-state index in [1.165, 1.54) is 22.6 Å². The number of thiazole rings is 1. The Morgan fingerprint density at radius 2 is 2.33 bits per heavy atom. The van der Waals surface area contributed by atoms with Crippen molar-refractivity contribution in [3.05, 3.63) is 33.0 Å². The molecule has 130 valence electrons. The third kappa shape index (κ3) is 3.98. The highest BCUT2D eigenvalue weighted by atomic mass is 32.1. The molecule has 2 aromatic rings. The summed E-state index contributed by atoms with van der Waals surface area (Å²) in [6.45, 7) is 5.69. The number of likely N-dealkylation sites (tertiary alicyclic amines) is 1. The molecule has 0 bridgehead atoms. The molecular formula is C18H25N3OS2. The van der Waals surface area contributed by atoms with E-state index in [0.29, 0.717) is 6.04 Å². The molecule has 3 rings (SSSR count). The smallest absolute Gasteiger partial charge is 0.266 e. The van der Waals surface area contributed by atoms with Crippen LogP contribution < -0.4 is 5.32 Å². The van der Waals surface area contributed by atoms with Crippen LogP contribution in [0.2, 0.25) is 0 Å². The van der Waals surface area contributed by atoms with Crippen molar-refractivity contribution in [2.24, 2.45) is 0 Å². The van der Waals surface area contributed by atoms with Gasteiger partial charge in [0.25, 0.3) is 5.91 Å². The van der Waals surface area contributed by atoms with E-state index in [4.69, 9.17) is 0 Å². The van der Waals surface area contributed by atoms with Gasteiger partial charge in [0.05, 0.1) is 5.69 Å². The third-order valence-corrected chi connectivity index (χ3v) is 6.55. The summed E-state index contributed by atoms with van der Waals surface area (Å²) < 4.78 is 0. The molecule has 6 heteroatoms. The van der Waals surface area contributed by atoms with Crippen LogP contribution in [0.1, 0.15) is 52.8 Å². The van der Waals surface area contributed by atoms with Gasteiger partial charge < -0.3 is 10.2 Å². The molecule has 0 aliphatic carbocycles. The van der Waals surface area contributed by atoms with Crippen molar-refractivity contribution in [1.29, 1.82) is 0 Å². The molecule has 1 saturated heterocycles. The zero-order valence-electron chi connectivity index (χ0n) is 14.4. The van der Waals surface area contributed by atoms with Crippen molar-refractivity contribution in [2.45, 2.75) is 52.0 Å². The number of anilines is 1. The summed E-state index contributed by atoms with van der Waals surface area (Å²) in [6.07, 6.45) is 5.58. The summed E-state index contributed by atoms with van der Waals surface area (Å²) in [5.41, 5.74) is 0.850. The van der Waals surface area contributed by atoms with Crippen molar-refractivity contribution in [3.8, 4) is 0 Å². The molecule has 2 aromatic heterocycles. The number of amides is 1. The molecule has 4 nitrogen and oxygen atoms in total. The van der Waals surface area contributed by atoms with Gasteiger partial charge in [0.15, 0.2) is 5.13 Å². The fourth-order valence-electron chi connectivity index (χ4n) is 3.28. The Morgan fingerprint density at radius 1 is 1.46 bits per heavy atom. The number of carbonyl (C=O) groups is 1. The van der Waals surface area contributed by atoms with Gasteiger partial charge in [-0.15, -0.1) is 11.3 Å². The Kier molecular flexibility index (Phi) is 5.89. The Hall–Kier alpha value is -1.40. The quantitative estimate of drug-likeness (QED) is 0.817. The number of nitrogens with zero attached hydrogens (tertiary/aromatic N) is 2. The molecule has 0 radical (unpaired) electrons. The van der Waals surface area contributed by atoms with Crippen LogP contribution in [0.15, 0.2) is 17.5 Å². The second-order valence-electron chi connectivity index (χ2n) is 6.23. The first-order valence-electron chi connectivity index (χ1n) is 8.73. The van der Waals surface area contributed by atoms with E-state index >= 15 is 0 Å². The molecule has 0 saturated carbocycles. The number of hydrogen-bond acceptors (Lipinski definition) is 5. The molecular weight excluding hydrogens is 338 g/mol. The molecule has 0 spiro atoms. The molecule has 1 aliphatic heterocycles. The molecule has 0 unspecified atom stereocenters. The van der Waals surface area contributed by atoms with Crippen LogP contribution in [0.25, 0.3) is 0 Å². The largest absolute Gasteiger partial charge is 0.362 e. The Bertz CT molecular complexity index is 666. The molecule has 1 amide bonds. The SMILES string of the molecule is CCNc1nc(C)c(C(=O)N2CCCC[C@H]2CCc2cccs2)s1. The average molecular weight is 364 g/mol. The van der Waals surface area contributed by atoms with Gasteiger partial charge in [-0.2, -0.15) is 0 Å². The Labute approximate surface area is 151 Å². The minimum absolute atomic E-state index is 0.171. The molecule has 0 aromatic carbocycles. The Balaban J connectivity index is 1.70. The van der Waals surface area contributed by atoms with Gasteiger partial charge in [-0.05, 0) is 57.4 Å². The maximum atomic E-state index is 13.1. The van der Waals surface area contributed by atoms with Crippen LogP contribution in [0.3, 0.4) is 0 Å². The molecule has 24 heavy (non-hydrogen) atoms. The van der Waals surface area contributed by atoms with Crippen LogP contribution >= 0.6 is 22.7 Å². The molecule has 1 atom stereocenters. The van der Waals surface area contributed by atoms with Gasteiger partial charge in [-0.25, -0.2) is 4.98 Å². The zero-order valence-corrected chi connectivity index (χ0v) is 16.0. The van der Waals surface area contributed by atoms with Crippen molar-refractivity contribution in [1.82, 2.24) is 9.88 Å². The van der Waals surface area contributed by atoms with Crippen LogP contribution in [0.5, 0.6) is 0 Å². The monoisotopic (exact) mass is 363 g/mol. The zero-order chi connectivity index (χ0) is 16.9. The molecule has 1 aliphatic rings. The second kappa shape index (κ2) is 8.12. The normalized spacial score (nSPS) is 17.9. The lowest BCUT2D eigenvalue weighted by atomic mass is 9.97. The van der Waals surface area contributed by atoms with E-state index in [9.17, 15) is 4.79 Å². The maximum Gasteiger partial charge on any atom is 0.266 e. The fourth-order valence-corrected chi connectivity index (χ4v) is 5.00. The second-order valence-corrected chi connectivity index (χ2v) is 8.26. The van der Waals surface area contributed by atoms with Crippen LogP contribution in [0, 0.1) is 6.92 Å². The lowest BCUT2D eigenvalue weighted by Gasteiger charge is -2.35. The number of hydrogen-bond donors (Lipinski definition) is 1. The predicted octanol–water partition coefficient (Wildman–Crippen LogP) is 4.57.